The highest BCUT2D eigenvalue weighted by Gasteiger charge is 2.15. The van der Waals surface area contributed by atoms with E-state index in [1.807, 2.05) is 54.6 Å². The average Bonchev–Trinajstić information content (AvgIpc) is 2.73. The molecule has 3 rings (SSSR count). The Hall–Kier alpha value is -3.60. The number of anilines is 1. The minimum atomic E-state index is -0.251. The summed E-state index contributed by atoms with van der Waals surface area (Å²) in [7, 11) is 1.60. The molecule has 5 nitrogen and oxygen atoms in total. The molecule has 0 bridgehead atoms. The lowest BCUT2D eigenvalue weighted by Crippen LogP contribution is -2.34. The fraction of sp³-hybridized carbons (Fsp3) is 0.130. The third-order valence-electron chi connectivity index (χ3n) is 4.11. The Morgan fingerprint density at radius 3 is 2.29 bits per heavy atom. The number of nitrogens with zero attached hydrogens (tertiary/aromatic N) is 1. The maximum absolute atomic E-state index is 12.6. The van der Waals surface area contributed by atoms with Crippen molar-refractivity contribution in [2.24, 2.45) is 0 Å². The molecule has 0 atom stereocenters. The molecule has 0 aromatic heterocycles. The molecule has 2 amide bonds. The van der Waals surface area contributed by atoms with Crippen molar-refractivity contribution in [1.82, 2.24) is 4.90 Å². The molecule has 3 aromatic carbocycles. The van der Waals surface area contributed by atoms with Crippen LogP contribution in [-0.2, 0) is 11.4 Å². The lowest BCUT2D eigenvalue weighted by atomic mass is 10.2. The monoisotopic (exact) mass is 374 g/mol. The molecule has 0 unspecified atom stereocenters. The van der Waals surface area contributed by atoms with E-state index in [0.29, 0.717) is 23.6 Å². The largest absolute Gasteiger partial charge is 0.489 e. The molecule has 1 N–H and O–H groups in total. The maximum Gasteiger partial charge on any atom is 0.254 e. The van der Waals surface area contributed by atoms with Crippen LogP contribution in [0.15, 0.2) is 84.9 Å². The first-order chi connectivity index (χ1) is 13.6. The number of likely N-dealkylation sites (N-methyl/N-ethyl adjacent to an activating group) is 1. The first-order valence-electron chi connectivity index (χ1n) is 8.99. The molecule has 5 heteroatoms. The van der Waals surface area contributed by atoms with Gasteiger partial charge in [-0.1, -0.05) is 54.6 Å². The van der Waals surface area contributed by atoms with E-state index in [9.17, 15) is 9.59 Å². The second-order valence-electron chi connectivity index (χ2n) is 6.38. The Bertz CT molecular complexity index is 927. The number of carbonyl (C=O) groups excluding carboxylic acids is 2. The molecular formula is C23H22N2O3. The van der Waals surface area contributed by atoms with Crippen LogP contribution in [0.4, 0.5) is 5.69 Å². The van der Waals surface area contributed by atoms with Gasteiger partial charge in [0.25, 0.3) is 5.91 Å². The van der Waals surface area contributed by atoms with Crippen molar-refractivity contribution in [3.05, 3.63) is 96.1 Å². The fourth-order valence-corrected chi connectivity index (χ4v) is 2.69. The van der Waals surface area contributed by atoms with E-state index in [1.54, 1.807) is 37.4 Å². The minimum Gasteiger partial charge on any atom is -0.489 e. The van der Waals surface area contributed by atoms with Crippen molar-refractivity contribution < 1.29 is 14.3 Å². The van der Waals surface area contributed by atoms with E-state index < -0.39 is 0 Å². The van der Waals surface area contributed by atoms with Gasteiger partial charge in [0, 0.05) is 18.3 Å². The smallest absolute Gasteiger partial charge is 0.254 e. The Morgan fingerprint density at radius 2 is 1.57 bits per heavy atom. The van der Waals surface area contributed by atoms with Gasteiger partial charge in [0.05, 0.1) is 6.54 Å². The molecule has 142 valence electrons. The molecule has 28 heavy (non-hydrogen) atoms. The summed E-state index contributed by atoms with van der Waals surface area (Å²) in [6.45, 7) is 0.386. The highest BCUT2D eigenvalue weighted by atomic mass is 16.5. The molecular weight excluding hydrogens is 352 g/mol. The molecule has 0 heterocycles. The van der Waals surface area contributed by atoms with Crippen LogP contribution in [0.1, 0.15) is 15.9 Å². The van der Waals surface area contributed by atoms with Crippen LogP contribution in [-0.4, -0.2) is 30.3 Å². The van der Waals surface area contributed by atoms with Crippen molar-refractivity contribution in [2.45, 2.75) is 6.61 Å². The summed E-state index contributed by atoms with van der Waals surface area (Å²) in [6, 6.07) is 25.9. The number of para-hydroxylation sites is 1. The maximum atomic E-state index is 12.6. The summed E-state index contributed by atoms with van der Waals surface area (Å²) in [5.41, 5.74) is 2.22. The number of hydrogen-bond donors (Lipinski definition) is 1. The number of ether oxygens (including phenoxy) is 1. The van der Waals surface area contributed by atoms with Gasteiger partial charge in [-0.05, 0) is 35.9 Å². The van der Waals surface area contributed by atoms with E-state index >= 15 is 0 Å². The summed E-state index contributed by atoms with van der Waals surface area (Å²) >= 11 is 0. The molecule has 0 spiro atoms. The third-order valence-corrected chi connectivity index (χ3v) is 4.11. The van der Waals surface area contributed by atoms with Gasteiger partial charge in [0.15, 0.2) is 0 Å². The van der Waals surface area contributed by atoms with Crippen LogP contribution in [0, 0.1) is 0 Å². The zero-order valence-corrected chi connectivity index (χ0v) is 15.7. The minimum absolute atomic E-state index is 0.0389. The molecule has 3 aromatic rings. The Labute approximate surface area is 164 Å². The highest BCUT2D eigenvalue weighted by molar-refractivity contribution is 5.99. The second-order valence-corrected chi connectivity index (χ2v) is 6.38. The van der Waals surface area contributed by atoms with E-state index in [1.165, 1.54) is 4.90 Å². The Balaban J connectivity index is 1.57. The van der Waals surface area contributed by atoms with Crippen LogP contribution in [0.2, 0.25) is 0 Å². The topological polar surface area (TPSA) is 58.6 Å². The van der Waals surface area contributed by atoms with Crippen LogP contribution in [0.25, 0.3) is 0 Å². The van der Waals surface area contributed by atoms with E-state index in [2.05, 4.69) is 5.32 Å². The molecule has 0 aliphatic heterocycles. The summed E-state index contributed by atoms with van der Waals surface area (Å²) < 4.78 is 5.77. The van der Waals surface area contributed by atoms with Crippen molar-refractivity contribution in [3.8, 4) is 5.75 Å². The molecule has 0 radical (unpaired) electrons. The van der Waals surface area contributed by atoms with Crippen LogP contribution < -0.4 is 10.1 Å². The number of carbonyl (C=O) groups is 2. The van der Waals surface area contributed by atoms with Gasteiger partial charge in [-0.25, -0.2) is 0 Å². The number of hydrogen-bond acceptors (Lipinski definition) is 3. The first kappa shape index (κ1) is 19.2. The van der Waals surface area contributed by atoms with Gasteiger partial charge in [0.2, 0.25) is 5.91 Å². The predicted octanol–water partition coefficient (Wildman–Crippen LogP) is 3.98. The quantitative estimate of drug-likeness (QED) is 0.681. The van der Waals surface area contributed by atoms with Crippen molar-refractivity contribution in [1.29, 1.82) is 0 Å². The first-order valence-corrected chi connectivity index (χ1v) is 8.99. The van der Waals surface area contributed by atoms with E-state index in [-0.39, 0.29) is 18.4 Å². The summed E-state index contributed by atoms with van der Waals surface area (Å²) in [4.78, 5) is 26.2. The molecule has 0 fully saturated rings. The molecule has 0 saturated heterocycles. The zero-order chi connectivity index (χ0) is 19.8. The molecule has 0 aliphatic carbocycles. The predicted molar refractivity (Wildman–Crippen MR) is 109 cm³/mol. The standard InChI is InChI=1S/C23H22N2O3/c1-25(16-22(26)24-20-12-6-3-7-13-20)23(27)19-11-8-14-21(15-19)28-17-18-9-4-2-5-10-18/h2-15H,16-17H2,1H3,(H,24,26). The average molecular weight is 374 g/mol. The second kappa shape index (κ2) is 9.37. The third kappa shape index (κ3) is 5.45. The van der Waals surface area contributed by atoms with Gasteiger partial charge in [-0.2, -0.15) is 0 Å². The number of amides is 2. The van der Waals surface area contributed by atoms with E-state index in [4.69, 9.17) is 4.74 Å². The number of rotatable bonds is 7. The van der Waals surface area contributed by atoms with Crippen molar-refractivity contribution in [3.63, 3.8) is 0 Å². The number of nitrogens with one attached hydrogen (secondary N) is 1. The van der Waals surface area contributed by atoms with Gasteiger partial charge < -0.3 is 15.0 Å². The van der Waals surface area contributed by atoms with Crippen LogP contribution in [0.5, 0.6) is 5.75 Å². The van der Waals surface area contributed by atoms with Crippen molar-refractivity contribution in [2.75, 3.05) is 18.9 Å². The highest BCUT2D eigenvalue weighted by Crippen LogP contribution is 2.16. The lowest BCUT2D eigenvalue weighted by molar-refractivity contribution is -0.116. The van der Waals surface area contributed by atoms with Crippen LogP contribution in [0.3, 0.4) is 0 Å². The molecule has 0 saturated carbocycles. The van der Waals surface area contributed by atoms with E-state index in [0.717, 1.165) is 5.56 Å². The summed E-state index contributed by atoms with van der Waals surface area (Å²) in [5.74, 6) is 0.115. The van der Waals surface area contributed by atoms with Gasteiger partial charge >= 0.3 is 0 Å². The Kier molecular flexibility index (Phi) is 6.41. The molecule has 0 aliphatic rings. The fourth-order valence-electron chi connectivity index (χ4n) is 2.69. The lowest BCUT2D eigenvalue weighted by Gasteiger charge is -2.17. The zero-order valence-electron chi connectivity index (χ0n) is 15.7. The SMILES string of the molecule is CN(CC(=O)Nc1ccccc1)C(=O)c1cccc(OCc2ccccc2)c1. The van der Waals surface area contributed by atoms with Crippen molar-refractivity contribution >= 4 is 17.5 Å². The Morgan fingerprint density at radius 1 is 0.893 bits per heavy atom. The van der Waals surface area contributed by atoms with Gasteiger partial charge in [-0.3, -0.25) is 9.59 Å². The normalized spacial score (nSPS) is 10.2. The van der Waals surface area contributed by atoms with Gasteiger partial charge in [0.1, 0.15) is 12.4 Å². The van der Waals surface area contributed by atoms with Crippen LogP contribution >= 0.6 is 0 Å². The summed E-state index contributed by atoms with van der Waals surface area (Å²) in [6.07, 6.45) is 0. The number of benzene rings is 3. The summed E-state index contributed by atoms with van der Waals surface area (Å²) in [5, 5.41) is 2.77. The van der Waals surface area contributed by atoms with Gasteiger partial charge in [-0.15, -0.1) is 0 Å².